The second kappa shape index (κ2) is 2.16. The Morgan fingerprint density at radius 2 is 1.88 bits per heavy atom. The van der Waals surface area contributed by atoms with E-state index in [0.717, 1.165) is 5.21 Å². The Balaban J connectivity index is 2.40. The molecule has 0 aromatic carbocycles. The van der Waals surface area contributed by atoms with E-state index in [-0.39, 0.29) is 0 Å². The maximum atomic E-state index is 2.42. The molecular formula is C6H14B2. The Bertz CT molecular complexity index is 74.6. The predicted molar refractivity (Wildman–Crippen MR) is 42.7 cm³/mol. The molecule has 44 valence electrons. The van der Waals surface area contributed by atoms with Gasteiger partial charge in [-0.3, -0.25) is 0 Å². The summed E-state index contributed by atoms with van der Waals surface area (Å²) in [5, 5.41) is 0.736. The minimum atomic E-state index is 0.736. The third kappa shape index (κ3) is 1.10. The third-order valence-corrected chi connectivity index (χ3v) is 2.66. The van der Waals surface area contributed by atoms with Gasteiger partial charge in [-0.1, -0.05) is 37.7 Å². The van der Waals surface area contributed by atoms with Gasteiger partial charge in [-0.2, -0.15) is 0 Å². The monoisotopic (exact) mass is 108 g/mol. The first-order chi connectivity index (χ1) is 3.77. The molecule has 0 aliphatic heterocycles. The van der Waals surface area contributed by atoms with E-state index >= 15 is 0 Å². The van der Waals surface area contributed by atoms with Gasteiger partial charge in [-0.25, -0.2) is 0 Å². The van der Waals surface area contributed by atoms with E-state index in [9.17, 15) is 0 Å². The first-order valence-electron chi connectivity index (χ1n) is 3.77. The molecule has 0 aromatic rings. The van der Waals surface area contributed by atoms with E-state index in [0.29, 0.717) is 0 Å². The summed E-state index contributed by atoms with van der Waals surface area (Å²) >= 11 is 0. The summed E-state index contributed by atoms with van der Waals surface area (Å²) in [4.78, 5) is 0. The highest BCUT2D eigenvalue weighted by molar-refractivity contribution is 6.52. The van der Waals surface area contributed by atoms with Crippen LogP contribution in [-0.2, 0) is 0 Å². The molecule has 1 aliphatic carbocycles. The van der Waals surface area contributed by atoms with Gasteiger partial charge >= 0.3 is 0 Å². The summed E-state index contributed by atoms with van der Waals surface area (Å²) in [6.45, 7) is 2.31. The summed E-state index contributed by atoms with van der Waals surface area (Å²) in [5.41, 5.74) is 0. The summed E-state index contributed by atoms with van der Waals surface area (Å²) in [6, 6.07) is 0. The van der Waals surface area contributed by atoms with Crippen LogP contribution in [0.15, 0.2) is 0 Å². The molecular weight excluding hydrogens is 93.7 g/mol. The van der Waals surface area contributed by atoms with Crippen molar-refractivity contribution in [3.63, 3.8) is 0 Å². The van der Waals surface area contributed by atoms with Crippen molar-refractivity contribution in [2.45, 2.75) is 37.7 Å². The largest absolute Gasteiger partial charge is 0.115 e. The van der Waals surface area contributed by atoms with Gasteiger partial charge in [0, 0.05) is 0 Å². The molecule has 1 fully saturated rings. The van der Waals surface area contributed by atoms with E-state index in [2.05, 4.69) is 14.7 Å². The molecule has 0 heterocycles. The standard InChI is InChI=1S/C6H14B2/c1-8-6(7)4-2-3-5-6/h8H,2-5,7H2,1H3. The highest BCUT2D eigenvalue weighted by Crippen LogP contribution is 2.40. The quantitative estimate of drug-likeness (QED) is 0.435. The predicted octanol–water partition coefficient (Wildman–Crippen LogP) is 0.794. The molecule has 0 N–H and O–H groups in total. The van der Waals surface area contributed by atoms with Crippen LogP contribution in [0.1, 0.15) is 25.7 Å². The Hall–Kier alpha value is 0.130. The Morgan fingerprint density at radius 1 is 1.38 bits per heavy atom. The van der Waals surface area contributed by atoms with Crippen LogP contribution in [-0.4, -0.2) is 15.1 Å². The van der Waals surface area contributed by atoms with Gasteiger partial charge in [0.1, 0.15) is 7.28 Å². The van der Waals surface area contributed by atoms with Gasteiger partial charge in [-0.05, 0) is 0 Å². The third-order valence-electron chi connectivity index (χ3n) is 2.66. The molecule has 1 saturated carbocycles. The van der Waals surface area contributed by atoms with E-state index in [1.807, 2.05) is 0 Å². The average molecular weight is 108 g/mol. The molecule has 8 heavy (non-hydrogen) atoms. The fourth-order valence-corrected chi connectivity index (χ4v) is 1.58. The SMILES string of the molecule is BC1(BC)CCCC1. The Kier molecular flexibility index (Phi) is 1.69. The van der Waals surface area contributed by atoms with Crippen molar-refractivity contribution in [2.75, 3.05) is 0 Å². The van der Waals surface area contributed by atoms with Crippen molar-refractivity contribution in [1.82, 2.24) is 0 Å². The Labute approximate surface area is 53.7 Å². The molecule has 0 saturated heterocycles. The molecule has 1 aliphatic rings. The lowest BCUT2D eigenvalue weighted by Crippen LogP contribution is -2.13. The van der Waals surface area contributed by atoms with E-state index < -0.39 is 0 Å². The van der Waals surface area contributed by atoms with Crippen LogP contribution in [0.2, 0.25) is 12.0 Å². The minimum absolute atomic E-state index is 0.736. The van der Waals surface area contributed by atoms with Crippen molar-refractivity contribution in [1.29, 1.82) is 0 Å². The van der Waals surface area contributed by atoms with Gasteiger partial charge in [0.25, 0.3) is 0 Å². The van der Waals surface area contributed by atoms with Crippen molar-refractivity contribution in [3.8, 4) is 0 Å². The van der Waals surface area contributed by atoms with Crippen molar-refractivity contribution in [2.24, 2.45) is 0 Å². The van der Waals surface area contributed by atoms with Gasteiger partial charge in [0.05, 0.1) is 7.85 Å². The lowest BCUT2D eigenvalue weighted by atomic mass is 9.43. The number of hydrogen-bond acceptors (Lipinski definition) is 0. The summed E-state index contributed by atoms with van der Waals surface area (Å²) in [5.74, 6) is 0. The van der Waals surface area contributed by atoms with Crippen LogP contribution in [0, 0.1) is 0 Å². The van der Waals surface area contributed by atoms with Crippen molar-refractivity contribution >= 4 is 15.1 Å². The Morgan fingerprint density at radius 3 is 2.12 bits per heavy atom. The lowest BCUT2D eigenvalue weighted by Gasteiger charge is -2.18. The van der Waals surface area contributed by atoms with Crippen LogP contribution in [0.3, 0.4) is 0 Å². The van der Waals surface area contributed by atoms with E-state index in [1.54, 1.807) is 0 Å². The molecule has 0 aromatic heterocycles. The fourth-order valence-electron chi connectivity index (χ4n) is 1.58. The zero-order valence-corrected chi connectivity index (χ0v) is 6.04. The van der Waals surface area contributed by atoms with E-state index in [1.165, 1.54) is 33.0 Å². The molecule has 1 rings (SSSR count). The van der Waals surface area contributed by atoms with Gasteiger partial charge in [-0.15, -0.1) is 0 Å². The minimum Gasteiger partial charge on any atom is -0.0895 e. The topological polar surface area (TPSA) is 0 Å². The molecule has 0 spiro atoms. The van der Waals surface area contributed by atoms with Gasteiger partial charge < -0.3 is 0 Å². The maximum Gasteiger partial charge on any atom is 0.115 e. The highest BCUT2D eigenvalue weighted by Gasteiger charge is 2.26. The lowest BCUT2D eigenvalue weighted by molar-refractivity contribution is 0.786. The van der Waals surface area contributed by atoms with Gasteiger partial charge in [0.2, 0.25) is 0 Å². The molecule has 0 unspecified atom stereocenters. The van der Waals surface area contributed by atoms with Crippen LogP contribution < -0.4 is 0 Å². The second-order valence-electron chi connectivity index (χ2n) is 3.37. The van der Waals surface area contributed by atoms with Crippen molar-refractivity contribution < 1.29 is 0 Å². The maximum absolute atomic E-state index is 2.42. The highest BCUT2D eigenvalue weighted by atomic mass is 14.2. The second-order valence-corrected chi connectivity index (χ2v) is 3.37. The molecule has 0 bridgehead atoms. The summed E-state index contributed by atoms with van der Waals surface area (Å²) in [7, 11) is 3.80. The molecule has 0 atom stereocenters. The average Bonchev–Trinajstić information content (AvgIpc) is 2.17. The number of rotatable bonds is 1. The first kappa shape index (κ1) is 6.25. The van der Waals surface area contributed by atoms with Crippen LogP contribution in [0.4, 0.5) is 0 Å². The molecule has 0 amide bonds. The first-order valence-corrected chi connectivity index (χ1v) is 3.77. The van der Waals surface area contributed by atoms with Crippen molar-refractivity contribution in [3.05, 3.63) is 0 Å². The van der Waals surface area contributed by atoms with Crippen LogP contribution in [0.25, 0.3) is 0 Å². The zero-order valence-electron chi connectivity index (χ0n) is 6.04. The number of hydrogen-bond donors (Lipinski definition) is 0. The van der Waals surface area contributed by atoms with Gasteiger partial charge in [0.15, 0.2) is 0 Å². The summed E-state index contributed by atoms with van der Waals surface area (Å²) in [6.07, 6.45) is 5.90. The van der Waals surface area contributed by atoms with Crippen LogP contribution in [0.5, 0.6) is 0 Å². The van der Waals surface area contributed by atoms with E-state index in [4.69, 9.17) is 0 Å². The normalized spacial score (nSPS) is 25.6. The summed E-state index contributed by atoms with van der Waals surface area (Å²) < 4.78 is 0. The fraction of sp³-hybridized carbons (Fsp3) is 1.00. The van der Waals surface area contributed by atoms with Crippen LogP contribution >= 0.6 is 0 Å². The zero-order chi connectivity index (χ0) is 6.04. The molecule has 0 radical (unpaired) electrons. The smallest absolute Gasteiger partial charge is 0.0895 e. The molecule has 2 heteroatoms. The molecule has 0 nitrogen and oxygen atoms in total.